The molecule has 1 atom stereocenters. The van der Waals surface area contributed by atoms with Crippen molar-refractivity contribution in [3.8, 4) is 0 Å². The lowest BCUT2D eigenvalue weighted by Crippen LogP contribution is -2.01. The van der Waals surface area contributed by atoms with Gasteiger partial charge in [0.1, 0.15) is 0 Å². The van der Waals surface area contributed by atoms with Crippen molar-refractivity contribution in [2.45, 2.75) is 58.2 Å². The Bertz CT molecular complexity index is 646. The second-order valence-corrected chi connectivity index (χ2v) is 5.41. The van der Waals surface area contributed by atoms with Crippen LogP contribution in [0, 0.1) is 5.92 Å². The zero-order chi connectivity index (χ0) is 20.5. The van der Waals surface area contributed by atoms with E-state index in [1.807, 2.05) is 12.2 Å². The molecule has 3 nitrogen and oxygen atoms in total. The molecule has 0 aliphatic heterocycles. The summed E-state index contributed by atoms with van der Waals surface area (Å²) in [6.45, 7) is 2.14. The second kappa shape index (κ2) is 11.6. The molecule has 0 radical (unpaired) electrons. The molecule has 0 amide bonds. The average Bonchev–Trinajstić information content (AvgIpc) is 2.89. The van der Waals surface area contributed by atoms with E-state index in [0.717, 1.165) is 25.3 Å². The van der Waals surface area contributed by atoms with Crippen LogP contribution in [0.3, 0.4) is 0 Å². The van der Waals surface area contributed by atoms with Crippen molar-refractivity contribution in [3.63, 3.8) is 0 Å². The van der Waals surface area contributed by atoms with Crippen LogP contribution < -0.4 is 0 Å². The number of allylic oxidation sites excluding steroid dienone is 8. The molecule has 0 bridgehead atoms. The topological polar surface area (TPSA) is 54.4 Å². The van der Waals surface area contributed by atoms with Crippen molar-refractivity contribution in [1.29, 1.82) is 0 Å². The molecule has 0 aromatic carbocycles. The molecule has 0 saturated carbocycles. The maximum absolute atomic E-state index is 12.0. The standard InChI is InChI=1S/C20H28O3/c1-2-3-4-5-6-10-13-18-17(15-16-19(18)21)12-9-7-8-11-14-20(22)23/h6-7,9-10,13,15-17H,2-5,8,11-12,14H2,1H3,(H,22,23)/b9-7-,10-6-,18-13+/t17-/m0/s1/i8D2,11D2. The van der Waals surface area contributed by atoms with Crippen molar-refractivity contribution in [3.05, 3.63) is 48.1 Å². The number of aliphatic carboxylic acids is 1. The Balaban J connectivity index is 2.70. The third-order valence-electron chi connectivity index (χ3n) is 3.48. The fraction of sp³-hybridized carbons (Fsp3) is 0.500. The van der Waals surface area contributed by atoms with Gasteiger partial charge in [-0.2, -0.15) is 0 Å². The fourth-order valence-electron chi connectivity index (χ4n) is 2.24. The summed E-state index contributed by atoms with van der Waals surface area (Å²) in [4.78, 5) is 22.7. The van der Waals surface area contributed by atoms with Crippen LogP contribution in [0.4, 0.5) is 0 Å². The van der Waals surface area contributed by atoms with Crippen molar-refractivity contribution >= 4 is 11.8 Å². The van der Waals surface area contributed by atoms with Crippen LogP contribution in [0.25, 0.3) is 0 Å². The number of unbranched alkanes of at least 4 members (excludes halogenated alkanes) is 3. The number of carboxylic acid groups (broad SMARTS) is 1. The van der Waals surface area contributed by atoms with E-state index in [2.05, 4.69) is 6.92 Å². The van der Waals surface area contributed by atoms with Gasteiger partial charge in [0.15, 0.2) is 5.78 Å². The van der Waals surface area contributed by atoms with E-state index < -0.39 is 25.1 Å². The molecule has 1 aliphatic carbocycles. The molecule has 126 valence electrons. The Hall–Kier alpha value is -1.90. The number of ketones is 1. The largest absolute Gasteiger partial charge is 0.481 e. The number of carbonyl (C=O) groups is 2. The number of carbonyl (C=O) groups excluding carboxylic acids is 1. The Morgan fingerprint density at radius 1 is 1.35 bits per heavy atom. The zero-order valence-electron chi connectivity index (χ0n) is 17.6. The average molecular weight is 320 g/mol. The highest BCUT2D eigenvalue weighted by atomic mass is 16.4. The summed E-state index contributed by atoms with van der Waals surface area (Å²) in [5, 5.41) is 8.73. The smallest absolute Gasteiger partial charge is 0.303 e. The molecule has 1 rings (SSSR count). The van der Waals surface area contributed by atoms with Gasteiger partial charge >= 0.3 is 5.97 Å². The normalized spacial score (nSPS) is 23.4. The Kier molecular flexibility index (Phi) is 6.85. The molecule has 3 heteroatoms. The van der Waals surface area contributed by atoms with Gasteiger partial charge in [-0.3, -0.25) is 9.59 Å². The summed E-state index contributed by atoms with van der Waals surface area (Å²) in [6.07, 6.45) is 10.4. The molecule has 23 heavy (non-hydrogen) atoms. The summed E-state index contributed by atoms with van der Waals surface area (Å²) < 4.78 is 30.9. The van der Waals surface area contributed by atoms with Crippen molar-refractivity contribution in [2.75, 3.05) is 0 Å². The first-order valence-electron chi connectivity index (χ1n) is 10.1. The van der Waals surface area contributed by atoms with Crippen LogP contribution in [-0.4, -0.2) is 16.9 Å². The molecule has 0 fully saturated rings. The van der Waals surface area contributed by atoms with E-state index >= 15 is 0 Å². The van der Waals surface area contributed by atoms with Crippen LogP contribution in [0.1, 0.15) is 63.7 Å². The predicted octanol–water partition coefficient (Wildman–Crippen LogP) is 5.01. The highest BCUT2D eigenvalue weighted by molar-refractivity contribution is 6.07. The third-order valence-corrected chi connectivity index (χ3v) is 3.48. The van der Waals surface area contributed by atoms with Crippen LogP contribution >= 0.6 is 0 Å². The van der Waals surface area contributed by atoms with Gasteiger partial charge in [-0.05, 0) is 38.1 Å². The molecule has 0 saturated heterocycles. The minimum absolute atomic E-state index is 0.0733. The van der Waals surface area contributed by atoms with E-state index in [4.69, 9.17) is 10.6 Å². The summed E-state index contributed by atoms with van der Waals surface area (Å²) >= 11 is 0. The molecule has 0 aromatic heterocycles. The van der Waals surface area contributed by atoms with Crippen LogP contribution in [0.5, 0.6) is 0 Å². The molecule has 0 heterocycles. The lowest BCUT2D eigenvalue weighted by molar-refractivity contribution is -0.137. The number of carboxylic acids is 1. The fourth-order valence-corrected chi connectivity index (χ4v) is 2.24. The summed E-state index contributed by atoms with van der Waals surface area (Å²) in [5.74, 6) is -1.65. The molecular formula is C20H28O3. The summed E-state index contributed by atoms with van der Waals surface area (Å²) in [5.41, 5.74) is 0.625. The Morgan fingerprint density at radius 3 is 2.91 bits per heavy atom. The molecule has 1 aliphatic rings. The van der Waals surface area contributed by atoms with Gasteiger partial charge in [0.25, 0.3) is 0 Å². The Labute approximate surface area is 145 Å². The summed E-state index contributed by atoms with van der Waals surface area (Å²) in [7, 11) is 0. The third kappa shape index (κ3) is 8.34. The molecule has 1 N–H and O–H groups in total. The minimum Gasteiger partial charge on any atom is -0.481 e. The van der Waals surface area contributed by atoms with E-state index in [-0.39, 0.29) is 11.7 Å². The minimum atomic E-state index is -2.52. The van der Waals surface area contributed by atoms with Crippen LogP contribution in [0.2, 0.25) is 0 Å². The molecule has 0 unspecified atom stereocenters. The van der Waals surface area contributed by atoms with E-state index in [0.29, 0.717) is 12.0 Å². The molecule has 0 aromatic rings. The van der Waals surface area contributed by atoms with Gasteiger partial charge in [0.2, 0.25) is 0 Å². The quantitative estimate of drug-likeness (QED) is 0.331. The maximum Gasteiger partial charge on any atom is 0.303 e. The SMILES string of the molecule is [2H]C([2H])(/C=C\C[C@H]1C=CC(=O)/C1=C/C=C\CCCCC)C([2H])([2H])CC(=O)O. The Morgan fingerprint density at radius 2 is 2.17 bits per heavy atom. The van der Waals surface area contributed by atoms with Gasteiger partial charge in [-0.25, -0.2) is 0 Å². The van der Waals surface area contributed by atoms with Crippen molar-refractivity contribution < 1.29 is 20.2 Å². The van der Waals surface area contributed by atoms with E-state index in [1.165, 1.54) is 18.6 Å². The summed E-state index contributed by atoms with van der Waals surface area (Å²) in [6, 6.07) is 0. The van der Waals surface area contributed by atoms with Gasteiger partial charge in [-0.15, -0.1) is 0 Å². The maximum atomic E-state index is 12.0. The van der Waals surface area contributed by atoms with Gasteiger partial charge < -0.3 is 5.11 Å². The molecular weight excluding hydrogens is 288 g/mol. The first kappa shape index (κ1) is 13.5. The lowest BCUT2D eigenvalue weighted by atomic mass is 9.97. The number of hydrogen-bond donors (Lipinski definition) is 1. The first-order chi connectivity index (χ1) is 12.6. The first-order valence-corrected chi connectivity index (χ1v) is 8.09. The monoisotopic (exact) mass is 320 g/mol. The van der Waals surface area contributed by atoms with E-state index in [1.54, 1.807) is 12.2 Å². The molecule has 0 spiro atoms. The number of rotatable bonds is 11. The second-order valence-electron chi connectivity index (χ2n) is 5.41. The van der Waals surface area contributed by atoms with E-state index in [9.17, 15) is 9.59 Å². The van der Waals surface area contributed by atoms with Gasteiger partial charge in [0, 0.05) is 23.4 Å². The van der Waals surface area contributed by atoms with Crippen LogP contribution in [0.15, 0.2) is 48.1 Å². The number of hydrogen-bond acceptors (Lipinski definition) is 2. The highest BCUT2D eigenvalue weighted by Gasteiger charge is 2.20. The predicted molar refractivity (Wildman–Crippen MR) is 94.2 cm³/mol. The van der Waals surface area contributed by atoms with Gasteiger partial charge in [-0.1, -0.05) is 56.2 Å². The van der Waals surface area contributed by atoms with Crippen LogP contribution in [-0.2, 0) is 9.59 Å². The van der Waals surface area contributed by atoms with Crippen molar-refractivity contribution in [1.82, 2.24) is 0 Å². The van der Waals surface area contributed by atoms with Gasteiger partial charge in [0.05, 0.1) is 0 Å². The highest BCUT2D eigenvalue weighted by Crippen LogP contribution is 2.25. The lowest BCUT2D eigenvalue weighted by Gasteiger charge is -2.06. The van der Waals surface area contributed by atoms with Crippen molar-refractivity contribution in [2.24, 2.45) is 5.92 Å². The zero-order valence-corrected chi connectivity index (χ0v) is 13.6.